The van der Waals surface area contributed by atoms with Crippen LogP contribution in [0.15, 0.2) is 0 Å². The first-order valence-corrected chi connectivity index (χ1v) is 6.11. The average Bonchev–Trinajstić information content (AvgIpc) is 2.97. The Balaban J connectivity index is 2.31. The van der Waals surface area contributed by atoms with Crippen molar-refractivity contribution in [3.05, 3.63) is 0 Å². The highest BCUT2D eigenvalue weighted by Crippen LogP contribution is 2.43. The van der Waals surface area contributed by atoms with Gasteiger partial charge in [-0.15, -0.1) is 0 Å². The van der Waals surface area contributed by atoms with Gasteiger partial charge in [0.2, 0.25) is 0 Å². The van der Waals surface area contributed by atoms with E-state index in [1.807, 2.05) is 6.92 Å². The summed E-state index contributed by atoms with van der Waals surface area (Å²) < 4.78 is 0. The summed E-state index contributed by atoms with van der Waals surface area (Å²) in [6.07, 6.45) is 3.06. The highest BCUT2D eigenvalue weighted by Gasteiger charge is 2.43. The van der Waals surface area contributed by atoms with E-state index in [4.69, 9.17) is 0 Å². The summed E-state index contributed by atoms with van der Waals surface area (Å²) in [6, 6.07) is 0.385. The molecule has 0 aromatic rings. The molecule has 90 valence electrons. The summed E-state index contributed by atoms with van der Waals surface area (Å²) in [4.78, 5) is 0. The smallest absolute Gasteiger partial charge is 0.0698 e. The van der Waals surface area contributed by atoms with Crippen LogP contribution in [0.5, 0.6) is 0 Å². The number of hydrogen-bond acceptors (Lipinski definition) is 3. The lowest BCUT2D eigenvalue weighted by Gasteiger charge is -2.29. The lowest BCUT2D eigenvalue weighted by molar-refractivity contribution is -0.0312. The molecule has 3 heteroatoms. The number of aliphatic hydroxyl groups excluding tert-OH is 1. The molecule has 0 aromatic carbocycles. The van der Waals surface area contributed by atoms with Crippen molar-refractivity contribution in [3.8, 4) is 0 Å². The van der Waals surface area contributed by atoms with Crippen molar-refractivity contribution >= 4 is 0 Å². The van der Waals surface area contributed by atoms with Gasteiger partial charge in [-0.05, 0) is 25.2 Å². The van der Waals surface area contributed by atoms with Gasteiger partial charge in [-0.25, -0.2) is 0 Å². The fourth-order valence-electron chi connectivity index (χ4n) is 2.07. The summed E-state index contributed by atoms with van der Waals surface area (Å²) in [5.41, 5.74) is -0.627. The predicted octanol–water partition coefficient (Wildman–Crippen LogP) is 1.29. The zero-order valence-corrected chi connectivity index (χ0v) is 10.2. The van der Waals surface area contributed by atoms with Crippen molar-refractivity contribution in [2.45, 2.75) is 64.2 Å². The summed E-state index contributed by atoms with van der Waals surface area (Å²) >= 11 is 0. The predicted molar refractivity (Wildman–Crippen MR) is 61.7 cm³/mol. The van der Waals surface area contributed by atoms with Gasteiger partial charge in [-0.3, -0.25) is 0 Å². The summed E-state index contributed by atoms with van der Waals surface area (Å²) in [5.74, 6) is 0.427. The maximum Gasteiger partial charge on any atom is 0.0698 e. The van der Waals surface area contributed by atoms with E-state index in [1.54, 1.807) is 0 Å². The van der Waals surface area contributed by atoms with E-state index >= 15 is 0 Å². The minimum Gasteiger partial charge on any atom is -0.392 e. The molecule has 0 aromatic heterocycles. The Kier molecular flexibility index (Phi) is 4.56. The Labute approximate surface area is 92.9 Å². The Morgan fingerprint density at radius 3 is 2.40 bits per heavy atom. The molecular weight excluding hydrogens is 190 g/mol. The van der Waals surface area contributed by atoms with Gasteiger partial charge in [0, 0.05) is 19.0 Å². The molecule has 1 fully saturated rings. The first-order valence-electron chi connectivity index (χ1n) is 6.11. The second-order valence-electron chi connectivity index (χ2n) is 5.15. The third-order valence-corrected chi connectivity index (χ3v) is 3.30. The van der Waals surface area contributed by atoms with Crippen molar-refractivity contribution in [2.24, 2.45) is 5.92 Å². The monoisotopic (exact) mass is 215 g/mol. The van der Waals surface area contributed by atoms with E-state index in [2.05, 4.69) is 19.2 Å². The number of hydrogen-bond donors (Lipinski definition) is 3. The zero-order chi connectivity index (χ0) is 11.5. The van der Waals surface area contributed by atoms with E-state index in [0.29, 0.717) is 24.9 Å². The zero-order valence-electron chi connectivity index (χ0n) is 10.2. The molecule has 3 nitrogen and oxygen atoms in total. The molecule has 0 saturated heterocycles. The second kappa shape index (κ2) is 5.28. The topological polar surface area (TPSA) is 52.5 Å². The molecule has 0 bridgehead atoms. The third kappa shape index (κ3) is 4.09. The molecule has 1 rings (SSSR count). The highest BCUT2D eigenvalue weighted by molar-refractivity contribution is 4.95. The van der Waals surface area contributed by atoms with Crippen LogP contribution in [0.1, 0.15) is 46.5 Å². The van der Waals surface area contributed by atoms with Gasteiger partial charge in [-0.2, -0.15) is 0 Å². The van der Waals surface area contributed by atoms with Crippen LogP contribution in [0.4, 0.5) is 0 Å². The fourth-order valence-corrected chi connectivity index (χ4v) is 2.07. The first-order chi connectivity index (χ1) is 6.98. The van der Waals surface area contributed by atoms with Gasteiger partial charge >= 0.3 is 0 Å². The van der Waals surface area contributed by atoms with Crippen LogP contribution >= 0.6 is 0 Å². The lowest BCUT2D eigenvalue weighted by Crippen LogP contribution is -2.40. The molecule has 0 radical (unpaired) electrons. The highest BCUT2D eigenvalue weighted by atomic mass is 16.3. The molecule has 0 spiro atoms. The van der Waals surface area contributed by atoms with E-state index in [9.17, 15) is 10.2 Å². The second-order valence-corrected chi connectivity index (χ2v) is 5.15. The van der Waals surface area contributed by atoms with Crippen molar-refractivity contribution in [2.75, 3.05) is 6.54 Å². The third-order valence-electron chi connectivity index (χ3n) is 3.30. The maximum atomic E-state index is 10.3. The van der Waals surface area contributed by atoms with Crippen LogP contribution < -0.4 is 5.32 Å². The van der Waals surface area contributed by atoms with E-state index in [0.717, 1.165) is 19.3 Å². The lowest BCUT2D eigenvalue weighted by atomic mass is 9.88. The van der Waals surface area contributed by atoms with Crippen LogP contribution in [0.25, 0.3) is 0 Å². The molecule has 1 saturated carbocycles. The van der Waals surface area contributed by atoms with Crippen molar-refractivity contribution in [3.63, 3.8) is 0 Å². The molecule has 0 amide bonds. The van der Waals surface area contributed by atoms with Crippen molar-refractivity contribution in [1.82, 2.24) is 5.32 Å². The molecule has 0 unspecified atom stereocenters. The maximum absolute atomic E-state index is 10.3. The van der Waals surface area contributed by atoms with Crippen LogP contribution in [-0.4, -0.2) is 34.5 Å². The average molecular weight is 215 g/mol. The standard InChI is InChI=1S/C12H25NO2/c1-4-12(15,10-5-6-10)7-11(14)8-13-9(2)3/h9-11,13-15H,4-8H2,1-3H3/t11-,12+/m1/s1. The largest absolute Gasteiger partial charge is 0.392 e. The summed E-state index contributed by atoms with van der Waals surface area (Å²) in [6.45, 7) is 6.69. The van der Waals surface area contributed by atoms with Gasteiger partial charge < -0.3 is 15.5 Å². The Morgan fingerprint density at radius 1 is 1.40 bits per heavy atom. The van der Waals surface area contributed by atoms with Gasteiger partial charge in [0.25, 0.3) is 0 Å². The SMILES string of the molecule is CC[C@](O)(C[C@@H](O)CNC(C)C)C1CC1. The minimum atomic E-state index is -0.627. The number of rotatable bonds is 7. The van der Waals surface area contributed by atoms with E-state index in [-0.39, 0.29) is 0 Å². The normalized spacial score (nSPS) is 22.8. The molecule has 0 aliphatic heterocycles. The molecular formula is C12H25NO2. The van der Waals surface area contributed by atoms with Gasteiger partial charge in [0.05, 0.1) is 11.7 Å². The van der Waals surface area contributed by atoms with E-state index in [1.165, 1.54) is 0 Å². The van der Waals surface area contributed by atoms with Crippen LogP contribution in [0, 0.1) is 5.92 Å². The molecule has 2 atom stereocenters. The number of aliphatic hydroxyl groups is 2. The molecule has 15 heavy (non-hydrogen) atoms. The molecule has 1 aliphatic rings. The Bertz CT molecular complexity index is 192. The van der Waals surface area contributed by atoms with Gasteiger partial charge in [0.15, 0.2) is 0 Å². The summed E-state index contributed by atoms with van der Waals surface area (Å²) in [5, 5.41) is 23.3. The van der Waals surface area contributed by atoms with E-state index < -0.39 is 11.7 Å². The van der Waals surface area contributed by atoms with Crippen molar-refractivity contribution in [1.29, 1.82) is 0 Å². The minimum absolute atomic E-state index is 0.385. The van der Waals surface area contributed by atoms with Crippen LogP contribution in [0.2, 0.25) is 0 Å². The Hall–Kier alpha value is -0.120. The number of nitrogens with one attached hydrogen (secondary N) is 1. The molecule has 3 N–H and O–H groups in total. The fraction of sp³-hybridized carbons (Fsp3) is 1.00. The summed E-state index contributed by atoms with van der Waals surface area (Å²) in [7, 11) is 0. The van der Waals surface area contributed by atoms with Crippen LogP contribution in [-0.2, 0) is 0 Å². The molecule has 1 aliphatic carbocycles. The quantitative estimate of drug-likeness (QED) is 0.600. The Morgan fingerprint density at radius 2 is 2.00 bits per heavy atom. The first kappa shape index (κ1) is 12.9. The van der Waals surface area contributed by atoms with Crippen LogP contribution in [0.3, 0.4) is 0 Å². The molecule has 0 heterocycles. The van der Waals surface area contributed by atoms with Gasteiger partial charge in [-0.1, -0.05) is 20.8 Å². The van der Waals surface area contributed by atoms with Gasteiger partial charge in [0.1, 0.15) is 0 Å². The van der Waals surface area contributed by atoms with Crippen molar-refractivity contribution < 1.29 is 10.2 Å².